The Balaban J connectivity index is 2.21. The molecule has 0 saturated heterocycles. The van der Waals surface area contributed by atoms with E-state index >= 15 is 0 Å². The fourth-order valence-corrected chi connectivity index (χ4v) is 2.39. The molecule has 3 rings (SSSR count). The van der Waals surface area contributed by atoms with Gasteiger partial charge in [0.2, 0.25) is 0 Å². The van der Waals surface area contributed by atoms with Gasteiger partial charge in [-0.1, -0.05) is 29.8 Å². The van der Waals surface area contributed by atoms with E-state index in [1.54, 1.807) is 0 Å². The number of nitrogens with zero attached hydrogens (tertiary/aromatic N) is 2. The minimum atomic E-state index is 0.600. The van der Waals surface area contributed by atoms with Gasteiger partial charge in [0, 0.05) is 23.2 Å². The molecule has 96 valence electrons. The Morgan fingerprint density at radius 3 is 2.63 bits per heavy atom. The number of fused-ring (bicyclic) bond motifs is 1. The standard InChI is InChI=1S/C15H14ClN3/c16-12-6-4-11(5-7-12)15-13(8-9-17)19-10-2-1-3-14(19)18-15/h1-7,10H,8-9,17H2. The zero-order chi connectivity index (χ0) is 13.2. The Hall–Kier alpha value is -1.84. The zero-order valence-corrected chi connectivity index (χ0v) is 11.1. The molecule has 0 radical (unpaired) electrons. The Bertz CT molecular complexity index is 701. The summed E-state index contributed by atoms with van der Waals surface area (Å²) in [6.07, 6.45) is 2.82. The lowest BCUT2D eigenvalue weighted by Gasteiger charge is -2.03. The SMILES string of the molecule is NCCc1c(-c2ccc(Cl)cc2)nc2ccccn12. The number of hydrogen-bond donors (Lipinski definition) is 1. The number of halogens is 1. The monoisotopic (exact) mass is 271 g/mol. The second kappa shape index (κ2) is 5.03. The number of aromatic nitrogens is 2. The molecule has 2 heterocycles. The van der Waals surface area contributed by atoms with Crippen LogP contribution in [0.15, 0.2) is 48.7 Å². The van der Waals surface area contributed by atoms with Gasteiger partial charge in [0.25, 0.3) is 0 Å². The first-order chi connectivity index (χ1) is 9.29. The van der Waals surface area contributed by atoms with Gasteiger partial charge in [-0.15, -0.1) is 0 Å². The van der Waals surface area contributed by atoms with Crippen LogP contribution in [-0.2, 0) is 6.42 Å². The van der Waals surface area contributed by atoms with Gasteiger partial charge in [-0.05, 0) is 30.8 Å². The highest BCUT2D eigenvalue weighted by Gasteiger charge is 2.12. The molecule has 0 saturated carbocycles. The van der Waals surface area contributed by atoms with Crippen molar-refractivity contribution < 1.29 is 0 Å². The fourth-order valence-electron chi connectivity index (χ4n) is 2.26. The van der Waals surface area contributed by atoms with E-state index < -0.39 is 0 Å². The molecule has 0 fully saturated rings. The summed E-state index contributed by atoms with van der Waals surface area (Å²) in [5.41, 5.74) is 9.85. The number of nitrogens with two attached hydrogens (primary N) is 1. The third-order valence-electron chi connectivity index (χ3n) is 3.13. The zero-order valence-electron chi connectivity index (χ0n) is 10.4. The molecule has 2 N–H and O–H groups in total. The largest absolute Gasteiger partial charge is 0.330 e. The van der Waals surface area contributed by atoms with E-state index in [-0.39, 0.29) is 0 Å². The quantitative estimate of drug-likeness (QED) is 0.795. The van der Waals surface area contributed by atoms with Crippen LogP contribution < -0.4 is 5.73 Å². The maximum atomic E-state index is 5.93. The van der Waals surface area contributed by atoms with E-state index in [9.17, 15) is 0 Å². The van der Waals surface area contributed by atoms with E-state index in [0.29, 0.717) is 6.54 Å². The summed E-state index contributed by atoms with van der Waals surface area (Å²) in [6.45, 7) is 0.600. The van der Waals surface area contributed by atoms with Crippen LogP contribution in [0, 0.1) is 0 Å². The molecule has 0 aliphatic carbocycles. The number of rotatable bonds is 3. The van der Waals surface area contributed by atoms with Gasteiger partial charge in [0.05, 0.1) is 11.4 Å². The van der Waals surface area contributed by atoms with Crippen LogP contribution in [0.25, 0.3) is 16.9 Å². The van der Waals surface area contributed by atoms with Crippen LogP contribution in [-0.4, -0.2) is 15.9 Å². The van der Waals surface area contributed by atoms with Crippen molar-refractivity contribution in [2.75, 3.05) is 6.54 Å². The van der Waals surface area contributed by atoms with Gasteiger partial charge in [-0.3, -0.25) is 0 Å². The minimum Gasteiger partial charge on any atom is -0.330 e. The van der Waals surface area contributed by atoms with Crippen molar-refractivity contribution in [1.82, 2.24) is 9.38 Å². The summed E-state index contributed by atoms with van der Waals surface area (Å²) in [7, 11) is 0. The molecule has 0 atom stereocenters. The van der Waals surface area contributed by atoms with Crippen molar-refractivity contribution in [3.05, 3.63) is 59.4 Å². The van der Waals surface area contributed by atoms with E-state index in [0.717, 1.165) is 34.0 Å². The molecule has 0 unspecified atom stereocenters. The highest BCUT2D eigenvalue weighted by molar-refractivity contribution is 6.30. The Morgan fingerprint density at radius 1 is 1.11 bits per heavy atom. The normalized spacial score (nSPS) is 11.1. The number of benzene rings is 1. The van der Waals surface area contributed by atoms with Crippen LogP contribution in [0.5, 0.6) is 0 Å². The highest BCUT2D eigenvalue weighted by atomic mass is 35.5. The Morgan fingerprint density at radius 2 is 1.89 bits per heavy atom. The molecule has 3 aromatic rings. The molecule has 1 aromatic carbocycles. The summed E-state index contributed by atoms with van der Waals surface area (Å²) < 4.78 is 2.09. The van der Waals surface area contributed by atoms with Crippen LogP contribution in [0.3, 0.4) is 0 Å². The van der Waals surface area contributed by atoms with Crippen molar-refractivity contribution in [3.8, 4) is 11.3 Å². The van der Waals surface area contributed by atoms with Crippen LogP contribution in [0.1, 0.15) is 5.69 Å². The van der Waals surface area contributed by atoms with Gasteiger partial charge in [-0.2, -0.15) is 0 Å². The first kappa shape index (κ1) is 12.2. The topological polar surface area (TPSA) is 43.3 Å². The smallest absolute Gasteiger partial charge is 0.137 e. The Labute approximate surface area is 116 Å². The number of imidazole rings is 1. The predicted molar refractivity (Wildman–Crippen MR) is 78.4 cm³/mol. The van der Waals surface area contributed by atoms with Crippen molar-refractivity contribution in [2.45, 2.75) is 6.42 Å². The first-order valence-electron chi connectivity index (χ1n) is 6.21. The molecule has 0 aliphatic rings. The van der Waals surface area contributed by atoms with Crippen molar-refractivity contribution in [1.29, 1.82) is 0 Å². The summed E-state index contributed by atoms with van der Waals surface area (Å²) >= 11 is 5.93. The Kier molecular flexibility index (Phi) is 3.23. The summed E-state index contributed by atoms with van der Waals surface area (Å²) in [5, 5.41) is 0.730. The maximum absolute atomic E-state index is 5.93. The molecule has 2 aromatic heterocycles. The lowest BCUT2D eigenvalue weighted by Crippen LogP contribution is -2.06. The minimum absolute atomic E-state index is 0.600. The molecule has 0 aliphatic heterocycles. The summed E-state index contributed by atoms with van der Waals surface area (Å²) in [5.74, 6) is 0. The van der Waals surface area contributed by atoms with E-state index in [1.807, 2.05) is 48.7 Å². The maximum Gasteiger partial charge on any atom is 0.137 e. The molecule has 19 heavy (non-hydrogen) atoms. The fraction of sp³-hybridized carbons (Fsp3) is 0.133. The number of pyridine rings is 1. The molecular weight excluding hydrogens is 258 g/mol. The molecule has 4 heteroatoms. The van der Waals surface area contributed by atoms with E-state index in [4.69, 9.17) is 22.3 Å². The second-order valence-corrected chi connectivity index (χ2v) is 4.82. The van der Waals surface area contributed by atoms with Crippen LogP contribution in [0.4, 0.5) is 0 Å². The molecule has 0 spiro atoms. The lowest BCUT2D eigenvalue weighted by molar-refractivity contribution is 0.907. The van der Waals surface area contributed by atoms with Gasteiger partial charge in [-0.25, -0.2) is 4.98 Å². The van der Waals surface area contributed by atoms with Crippen molar-refractivity contribution >= 4 is 17.2 Å². The first-order valence-corrected chi connectivity index (χ1v) is 6.59. The van der Waals surface area contributed by atoms with Gasteiger partial charge < -0.3 is 10.1 Å². The third kappa shape index (κ3) is 2.23. The van der Waals surface area contributed by atoms with Crippen molar-refractivity contribution in [3.63, 3.8) is 0 Å². The lowest BCUT2D eigenvalue weighted by atomic mass is 10.1. The summed E-state index contributed by atoms with van der Waals surface area (Å²) in [6, 6.07) is 13.7. The molecular formula is C15H14ClN3. The van der Waals surface area contributed by atoms with Gasteiger partial charge in [0.15, 0.2) is 0 Å². The van der Waals surface area contributed by atoms with Gasteiger partial charge >= 0.3 is 0 Å². The van der Waals surface area contributed by atoms with Crippen LogP contribution in [0.2, 0.25) is 5.02 Å². The summed E-state index contributed by atoms with van der Waals surface area (Å²) in [4.78, 5) is 4.70. The van der Waals surface area contributed by atoms with Crippen LogP contribution >= 0.6 is 11.6 Å². The predicted octanol–water partition coefficient (Wildman–Crippen LogP) is 3.16. The average Bonchev–Trinajstić information content (AvgIpc) is 2.79. The third-order valence-corrected chi connectivity index (χ3v) is 3.38. The van der Waals surface area contributed by atoms with Crippen molar-refractivity contribution in [2.24, 2.45) is 5.73 Å². The van der Waals surface area contributed by atoms with E-state index in [1.165, 1.54) is 0 Å². The molecule has 0 amide bonds. The number of hydrogen-bond acceptors (Lipinski definition) is 2. The molecule has 3 nitrogen and oxygen atoms in total. The second-order valence-electron chi connectivity index (χ2n) is 4.38. The molecule has 0 bridgehead atoms. The average molecular weight is 272 g/mol. The van der Waals surface area contributed by atoms with E-state index in [2.05, 4.69) is 4.40 Å². The van der Waals surface area contributed by atoms with Gasteiger partial charge in [0.1, 0.15) is 5.65 Å². The highest BCUT2D eigenvalue weighted by Crippen LogP contribution is 2.25.